The summed E-state index contributed by atoms with van der Waals surface area (Å²) in [6, 6.07) is 3.77. The quantitative estimate of drug-likeness (QED) is 0.599. The van der Waals surface area contributed by atoms with Gasteiger partial charge in [0.2, 0.25) is 0 Å². The third-order valence-corrected chi connectivity index (χ3v) is 2.31. The maximum atomic E-state index is 10.6. The molecule has 0 saturated heterocycles. The minimum absolute atomic E-state index is 0.281. The van der Waals surface area contributed by atoms with Crippen LogP contribution in [-0.4, -0.2) is 11.3 Å². The van der Waals surface area contributed by atoms with E-state index in [9.17, 15) is 4.79 Å². The van der Waals surface area contributed by atoms with Crippen LogP contribution in [0.4, 0.5) is 0 Å². The largest absolute Gasteiger partial charge is 0.296 e. The van der Waals surface area contributed by atoms with Crippen LogP contribution in [0.5, 0.6) is 0 Å². The van der Waals surface area contributed by atoms with Gasteiger partial charge in [0.05, 0.1) is 5.56 Å². The Bertz CT molecular complexity index is 404. The molecule has 1 aliphatic rings. The number of hydrogen-bond donors (Lipinski definition) is 0. The van der Waals surface area contributed by atoms with E-state index in [1.165, 1.54) is 0 Å². The van der Waals surface area contributed by atoms with E-state index in [2.05, 4.69) is 4.98 Å². The number of aldehydes is 1. The molecule has 0 spiro atoms. The molecule has 64 valence electrons. The Morgan fingerprint density at radius 3 is 3.08 bits per heavy atom. The van der Waals surface area contributed by atoms with Gasteiger partial charge in [0.15, 0.2) is 6.29 Å². The molecule has 3 heteroatoms. The normalized spacial score (nSPS) is 13.5. The summed E-state index contributed by atoms with van der Waals surface area (Å²) in [5.74, 6) is 0. The molecule has 1 aromatic heterocycles. The van der Waals surface area contributed by atoms with E-state index in [1.807, 2.05) is 6.07 Å². The highest BCUT2D eigenvalue weighted by Gasteiger charge is 2.15. The molecule has 0 fully saturated rings. The fraction of sp³-hybridized carbons (Fsp3) is 0.300. The molecule has 13 heavy (non-hydrogen) atoms. The molecule has 0 radical (unpaired) electrons. The van der Waals surface area contributed by atoms with Crippen molar-refractivity contribution in [3.05, 3.63) is 28.6 Å². The SMILES string of the molecule is N#Cc1cc2c(nc1C=O)CCC2. The summed E-state index contributed by atoms with van der Waals surface area (Å²) in [5.41, 5.74) is 2.79. The Morgan fingerprint density at radius 1 is 1.54 bits per heavy atom. The van der Waals surface area contributed by atoms with Gasteiger partial charge in [-0.3, -0.25) is 4.79 Å². The number of hydrogen-bond acceptors (Lipinski definition) is 3. The minimum Gasteiger partial charge on any atom is -0.296 e. The first-order valence-electron chi connectivity index (χ1n) is 4.23. The number of fused-ring (bicyclic) bond motifs is 1. The number of rotatable bonds is 1. The van der Waals surface area contributed by atoms with Gasteiger partial charge in [-0.15, -0.1) is 0 Å². The summed E-state index contributed by atoms with van der Waals surface area (Å²) in [4.78, 5) is 14.7. The van der Waals surface area contributed by atoms with Gasteiger partial charge < -0.3 is 0 Å². The van der Waals surface area contributed by atoms with E-state index in [1.54, 1.807) is 6.07 Å². The summed E-state index contributed by atoms with van der Waals surface area (Å²) in [6.45, 7) is 0. The van der Waals surface area contributed by atoms with Crippen molar-refractivity contribution in [1.29, 1.82) is 5.26 Å². The summed E-state index contributed by atoms with van der Waals surface area (Å²) in [7, 11) is 0. The van der Waals surface area contributed by atoms with Gasteiger partial charge in [0, 0.05) is 5.69 Å². The van der Waals surface area contributed by atoms with E-state index in [-0.39, 0.29) is 5.69 Å². The monoisotopic (exact) mass is 172 g/mol. The fourth-order valence-corrected chi connectivity index (χ4v) is 1.67. The second-order valence-electron chi connectivity index (χ2n) is 3.11. The first kappa shape index (κ1) is 7.93. The fourth-order valence-electron chi connectivity index (χ4n) is 1.67. The standard InChI is InChI=1S/C10H8N2O/c11-5-8-4-7-2-1-3-9(7)12-10(8)6-13/h4,6H,1-3H2. The second-order valence-corrected chi connectivity index (χ2v) is 3.11. The van der Waals surface area contributed by atoms with Gasteiger partial charge >= 0.3 is 0 Å². The average Bonchev–Trinajstić information content (AvgIpc) is 2.62. The van der Waals surface area contributed by atoms with Gasteiger partial charge in [-0.05, 0) is 30.9 Å². The highest BCUT2D eigenvalue weighted by Crippen LogP contribution is 2.21. The summed E-state index contributed by atoms with van der Waals surface area (Å²) in [6.07, 6.45) is 3.64. The maximum Gasteiger partial charge on any atom is 0.169 e. The van der Waals surface area contributed by atoms with Crippen LogP contribution in [0.15, 0.2) is 6.07 Å². The van der Waals surface area contributed by atoms with E-state index >= 15 is 0 Å². The van der Waals surface area contributed by atoms with Crippen LogP contribution < -0.4 is 0 Å². The number of aryl methyl sites for hydroxylation is 2. The van der Waals surface area contributed by atoms with Gasteiger partial charge in [0.25, 0.3) is 0 Å². The lowest BCUT2D eigenvalue weighted by molar-refractivity contribution is 0.111. The molecule has 1 heterocycles. The zero-order valence-corrected chi connectivity index (χ0v) is 7.08. The molecule has 3 nitrogen and oxygen atoms in total. The molecule has 0 N–H and O–H groups in total. The molecule has 0 atom stereocenters. The van der Waals surface area contributed by atoms with Gasteiger partial charge in [-0.1, -0.05) is 0 Å². The molecule has 1 aliphatic carbocycles. The minimum atomic E-state index is 0.281. The van der Waals surface area contributed by atoms with Crippen molar-refractivity contribution in [2.75, 3.05) is 0 Å². The van der Waals surface area contributed by atoms with Gasteiger partial charge in [0.1, 0.15) is 11.8 Å². The lowest BCUT2D eigenvalue weighted by atomic mass is 10.1. The highest BCUT2D eigenvalue weighted by molar-refractivity contribution is 5.76. The lowest BCUT2D eigenvalue weighted by Crippen LogP contribution is -1.98. The van der Waals surface area contributed by atoms with Crippen molar-refractivity contribution in [1.82, 2.24) is 4.98 Å². The van der Waals surface area contributed by atoms with E-state index in [0.717, 1.165) is 30.5 Å². The average molecular weight is 172 g/mol. The van der Waals surface area contributed by atoms with Crippen molar-refractivity contribution < 1.29 is 4.79 Å². The van der Waals surface area contributed by atoms with Crippen molar-refractivity contribution >= 4 is 6.29 Å². The molecule has 0 aromatic carbocycles. The van der Waals surface area contributed by atoms with Crippen LogP contribution >= 0.6 is 0 Å². The van der Waals surface area contributed by atoms with Crippen LogP contribution in [0.25, 0.3) is 0 Å². The molecule has 0 aliphatic heterocycles. The Hall–Kier alpha value is -1.69. The Morgan fingerprint density at radius 2 is 2.38 bits per heavy atom. The first-order valence-corrected chi connectivity index (χ1v) is 4.23. The predicted molar refractivity (Wildman–Crippen MR) is 46.4 cm³/mol. The van der Waals surface area contributed by atoms with Crippen molar-refractivity contribution in [3.63, 3.8) is 0 Å². The number of pyridine rings is 1. The molecule has 0 saturated carbocycles. The predicted octanol–water partition coefficient (Wildman–Crippen LogP) is 1.25. The smallest absolute Gasteiger partial charge is 0.169 e. The first-order chi connectivity index (χ1) is 6.35. The zero-order chi connectivity index (χ0) is 9.26. The topological polar surface area (TPSA) is 53.8 Å². The lowest BCUT2D eigenvalue weighted by Gasteiger charge is -2.00. The van der Waals surface area contributed by atoms with Crippen LogP contribution in [0.2, 0.25) is 0 Å². The molecule has 0 bridgehead atoms. The third kappa shape index (κ3) is 1.20. The van der Waals surface area contributed by atoms with Crippen molar-refractivity contribution in [2.45, 2.75) is 19.3 Å². The van der Waals surface area contributed by atoms with Crippen molar-refractivity contribution in [2.24, 2.45) is 0 Å². The number of carbonyl (C=O) groups is 1. The van der Waals surface area contributed by atoms with Gasteiger partial charge in [-0.25, -0.2) is 4.98 Å². The Kier molecular flexibility index (Phi) is 1.82. The van der Waals surface area contributed by atoms with Gasteiger partial charge in [-0.2, -0.15) is 5.26 Å². The van der Waals surface area contributed by atoms with Crippen LogP contribution in [0, 0.1) is 11.3 Å². The number of aromatic nitrogens is 1. The molecule has 1 aromatic rings. The molecular weight excluding hydrogens is 164 g/mol. The summed E-state index contributed by atoms with van der Waals surface area (Å²) >= 11 is 0. The van der Waals surface area contributed by atoms with Crippen molar-refractivity contribution in [3.8, 4) is 6.07 Å². The number of nitrogens with zero attached hydrogens (tertiary/aromatic N) is 2. The molecule has 0 unspecified atom stereocenters. The highest BCUT2D eigenvalue weighted by atomic mass is 16.1. The Balaban J connectivity index is 2.61. The number of nitriles is 1. The van der Waals surface area contributed by atoms with Crippen LogP contribution in [-0.2, 0) is 12.8 Å². The molecule has 2 rings (SSSR count). The molecular formula is C10H8N2O. The number of carbonyl (C=O) groups excluding carboxylic acids is 1. The van der Waals surface area contributed by atoms with E-state index in [4.69, 9.17) is 5.26 Å². The van der Waals surface area contributed by atoms with E-state index < -0.39 is 0 Å². The van der Waals surface area contributed by atoms with E-state index in [0.29, 0.717) is 11.8 Å². The zero-order valence-electron chi connectivity index (χ0n) is 7.08. The maximum absolute atomic E-state index is 10.6. The Labute approximate surface area is 76.0 Å². The second kappa shape index (κ2) is 2.98. The molecule has 0 amide bonds. The summed E-state index contributed by atoms with van der Waals surface area (Å²) in [5, 5.41) is 8.73. The van der Waals surface area contributed by atoms with Crippen LogP contribution in [0.3, 0.4) is 0 Å². The third-order valence-electron chi connectivity index (χ3n) is 2.31. The summed E-state index contributed by atoms with van der Waals surface area (Å²) < 4.78 is 0. The van der Waals surface area contributed by atoms with Crippen LogP contribution in [0.1, 0.15) is 33.7 Å².